The minimum Gasteiger partial charge on any atom is -0.477 e. The van der Waals surface area contributed by atoms with Gasteiger partial charge in [0.25, 0.3) is 0 Å². The average molecular weight is 564 g/mol. The summed E-state index contributed by atoms with van der Waals surface area (Å²) in [4.78, 5) is 41.0. The van der Waals surface area contributed by atoms with Crippen LogP contribution in [0.15, 0.2) is 77.7 Å². The van der Waals surface area contributed by atoms with Crippen LogP contribution in [0.3, 0.4) is 0 Å². The third kappa shape index (κ3) is 7.10. The zero-order valence-corrected chi connectivity index (χ0v) is 24.0. The molecule has 3 aromatic rings. The predicted molar refractivity (Wildman–Crippen MR) is 154 cm³/mol. The number of ketones is 2. The maximum Gasteiger partial charge on any atom is 0.415 e. The molecule has 1 heterocycles. The van der Waals surface area contributed by atoms with Gasteiger partial charge in [-0.05, 0) is 87.7 Å². The molecule has 3 aromatic carbocycles. The molecule has 0 aromatic heterocycles. The van der Waals surface area contributed by atoms with Gasteiger partial charge in [0.2, 0.25) is 0 Å². The molecule has 6 nitrogen and oxygen atoms in total. The highest BCUT2D eigenvalue weighted by Crippen LogP contribution is 2.32. The van der Waals surface area contributed by atoms with Gasteiger partial charge in [-0.2, -0.15) is 0 Å². The standard InChI is InChI=1S/C32H34FNO5S/c1-21(35)32(2,3)39-29-17-11-22(18-28(29)33)10-12-24-19-34(31(37)38-25-8-6-5-7-9-25)20-27(24)30(36)23-13-15-26(40-4)16-14-23/h5-9,11,13-18,24,27H,10,12,19-20H2,1-4H3/t24-,27-/m0/s1. The van der Waals surface area contributed by atoms with Crippen molar-refractivity contribution in [2.24, 2.45) is 11.8 Å². The lowest BCUT2D eigenvalue weighted by Crippen LogP contribution is -2.36. The van der Waals surface area contributed by atoms with Crippen LogP contribution in [0.5, 0.6) is 11.5 Å². The number of thioether (sulfide) groups is 1. The summed E-state index contributed by atoms with van der Waals surface area (Å²) in [6.45, 7) is 5.22. The van der Waals surface area contributed by atoms with Gasteiger partial charge in [0.15, 0.2) is 28.7 Å². The maximum absolute atomic E-state index is 14.8. The van der Waals surface area contributed by atoms with Crippen molar-refractivity contribution in [3.05, 3.63) is 89.7 Å². The number of carbonyl (C=O) groups excluding carboxylic acids is 3. The molecule has 0 saturated carbocycles. The molecule has 40 heavy (non-hydrogen) atoms. The minimum absolute atomic E-state index is 0.0152. The summed E-state index contributed by atoms with van der Waals surface area (Å²) >= 11 is 1.60. The number of carbonyl (C=O) groups is 3. The number of para-hydroxylation sites is 1. The lowest BCUT2D eigenvalue weighted by atomic mass is 9.85. The topological polar surface area (TPSA) is 72.9 Å². The molecule has 210 valence electrons. The molecule has 0 radical (unpaired) electrons. The summed E-state index contributed by atoms with van der Waals surface area (Å²) in [7, 11) is 0. The molecule has 4 rings (SSSR count). The van der Waals surface area contributed by atoms with E-state index in [0.717, 1.165) is 10.5 Å². The molecule has 0 unspecified atom stereocenters. The summed E-state index contributed by atoms with van der Waals surface area (Å²) in [5.41, 5.74) is 0.212. The Morgan fingerprint density at radius 3 is 2.33 bits per heavy atom. The smallest absolute Gasteiger partial charge is 0.415 e. The molecule has 1 saturated heterocycles. The molecule has 0 aliphatic carbocycles. The van der Waals surface area contributed by atoms with Crippen molar-refractivity contribution in [1.29, 1.82) is 0 Å². The van der Waals surface area contributed by atoms with Gasteiger partial charge in [0.05, 0.1) is 0 Å². The Hall–Kier alpha value is -3.65. The van der Waals surface area contributed by atoms with E-state index < -0.39 is 23.4 Å². The van der Waals surface area contributed by atoms with E-state index in [1.54, 1.807) is 60.8 Å². The van der Waals surface area contributed by atoms with Crippen LogP contribution in [0.1, 0.15) is 43.1 Å². The molecule has 1 aliphatic rings. The highest BCUT2D eigenvalue weighted by molar-refractivity contribution is 7.98. The number of nitrogens with zero attached hydrogens (tertiary/aromatic N) is 1. The van der Waals surface area contributed by atoms with Gasteiger partial charge in [-0.25, -0.2) is 9.18 Å². The number of hydrogen-bond acceptors (Lipinski definition) is 6. The summed E-state index contributed by atoms with van der Waals surface area (Å²) in [6.07, 6.45) is 2.57. The quantitative estimate of drug-likeness (QED) is 0.198. The van der Waals surface area contributed by atoms with Crippen molar-refractivity contribution >= 4 is 29.4 Å². The second-order valence-electron chi connectivity index (χ2n) is 10.5. The Balaban J connectivity index is 1.49. The van der Waals surface area contributed by atoms with Crippen molar-refractivity contribution < 1.29 is 28.2 Å². The molecular weight excluding hydrogens is 529 g/mol. The van der Waals surface area contributed by atoms with Gasteiger partial charge < -0.3 is 14.4 Å². The molecule has 8 heteroatoms. The fraction of sp³-hybridized carbons (Fsp3) is 0.344. The number of hydrogen-bond donors (Lipinski definition) is 0. The predicted octanol–water partition coefficient (Wildman–Crippen LogP) is 6.86. The van der Waals surface area contributed by atoms with E-state index in [1.165, 1.54) is 19.1 Å². The number of likely N-dealkylation sites (tertiary alicyclic amines) is 1. The molecule has 2 atom stereocenters. The number of rotatable bonds is 10. The fourth-order valence-electron chi connectivity index (χ4n) is 4.71. The molecule has 0 spiro atoms. The minimum atomic E-state index is -1.13. The number of benzene rings is 3. The first-order valence-electron chi connectivity index (χ1n) is 13.3. The first kappa shape index (κ1) is 29.3. The lowest BCUT2D eigenvalue weighted by molar-refractivity contribution is -0.129. The van der Waals surface area contributed by atoms with E-state index in [2.05, 4.69) is 0 Å². The zero-order chi connectivity index (χ0) is 28.9. The monoisotopic (exact) mass is 563 g/mol. The van der Waals surface area contributed by atoms with Crippen molar-refractivity contribution in [2.75, 3.05) is 19.3 Å². The second kappa shape index (κ2) is 12.7. The summed E-state index contributed by atoms with van der Waals surface area (Å²) in [5, 5.41) is 0. The van der Waals surface area contributed by atoms with Crippen LogP contribution >= 0.6 is 11.8 Å². The highest BCUT2D eigenvalue weighted by atomic mass is 32.2. The normalized spacial score (nSPS) is 17.0. The number of aryl methyl sites for hydroxylation is 1. The summed E-state index contributed by atoms with van der Waals surface area (Å²) in [6, 6.07) is 21.0. The van der Waals surface area contributed by atoms with E-state index in [9.17, 15) is 18.8 Å². The Kier molecular flexibility index (Phi) is 9.30. The van der Waals surface area contributed by atoms with E-state index >= 15 is 0 Å². The van der Waals surface area contributed by atoms with Gasteiger partial charge in [-0.3, -0.25) is 9.59 Å². The van der Waals surface area contributed by atoms with Crippen LogP contribution in [0, 0.1) is 17.7 Å². The molecule has 1 fully saturated rings. The van der Waals surface area contributed by atoms with Gasteiger partial charge in [-0.15, -0.1) is 11.8 Å². The van der Waals surface area contributed by atoms with E-state index in [1.807, 2.05) is 36.6 Å². The number of ether oxygens (including phenoxy) is 2. The molecule has 1 amide bonds. The first-order chi connectivity index (χ1) is 19.1. The van der Waals surface area contributed by atoms with Gasteiger partial charge in [0.1, 0.15) is 5.75 Å². The van der Waals surface area contributed by atoms with Crippen LogP contribution in [0.2, 0.25) is 0 Å². The van der Waals surface area contributed by atoms with Crippen molar-refractivity contribution in [3.8, 4) is 11.5 Å². The molecular formula is C32H34FNO5S. The van der Waals surface area contributed by atoms with E-state index in [0.29, 0.717) is 30.7 Å². The lowest BCUT2D eigenvalue weighted by Gasteiger charge is -2.24. The van der Waals surface area contributed by atoms with Crippen LogP contribution in [0.4, 0.5) is 9.18 Å². The summed E-state index contributed by atoms with van der Waals surface area (Å²) < 4.78 is 26.0. The van der Waals surface area contributed by atoms with Crippen molar-refractivity contribution in [2.45, 2.75) is 44.1 Å². The van der Waals surface area contributed by atoms with Crippen LogP contribution < -0.4 is 9.47 Å². The fourth-order valence-corrected chi connectivity index (χ4v) is 5.12. The summed E-state index contributed by atoms with van der Waals surface area (Å²) in [5.74, 6) is -0.856. The second-order valence-corrected chi connectivity index (χ2v) is 11.4. The first-order valence-corrected chi connectivity index (χ1v) is 14.5. The largest absolute Gasteiger partial charge is 0.477 e. The number of amides is 1. The molecule has 1 aliphatic heterocycles. The average Bonchev–Trinajstić information content (AvgIpc) is 3.38. The highest BCUT2D eigenvalue weighted by Gasteiger charge is 2.40. The van der Waals surface area contributed by atoms with Gasteiger partial charge >= 0.3 is 6.09 Å². The number of halogens is 1. The van der Waals surface area contributed by atoms with Gasteiger partial charge in [-0.1, -0.05) is 36.4 Å². The number of Topliss-reactive ketones (excluding diaryl/α,β-unsaturated/α-hetero) is 2. The van der Waals surface area contributed by atoms with Crippen LogP contribution in [-0.4, -0.2) is 47.5 Å². The van der Waals surface area contributed by atoms with E-state index in [-0.39, 0.29) is 29.8 Å². The maximum atomic E-state index is 14.8. The third-order valence-electron chi connectivity index (χ3n) is 7.37. The Morgan fingerprint density at radius 1 is 1.00 bits per heavy atom. The SMILES string of the molecule is CSc1ccc(C(=O)[C@H]2CN(C(=O)Oc3ccccc3)C[C@@H]2CCc2ccc(OC(C)(C)C(C)=O)c(F)c2)cc1. The van der Waals surface area contributed by atoms with E-state index in [4.69, 9.17) is 9.47 Å². The van der Waals surface area contributed by atoms with Crippen molar-refractivity contribution in [3.63, 3.8) is 0 Å². The van der Waals surface area contributed by atoms with Crippen LogP contribution in [-0.2, 0) is 11.2 Å². The Labute approximate surface area is 238 Å². The Morgan fingerprint density at radius 2 is 1.70 bits per heavy atom. The molecule has 0 N–H and O–H groups in total. The Bertz CT molecular complexity index is 1360. The van der Waals surface area contributed by atoms with Crippen LogP contribution in [0.25, 0.3) is 0 Å². The zero-order valence-electron chi connectivity index (χ0n) is 23.2. The van der Waals surface area contributed by atoms with Gasteiger partial charge in [0, 0.05) is 29.5 Å². The van der Waals surface area contributed by atoms with Crippen molar-refractivity contribution in [1.82, 2.24) is 4.90 Å². The third-order valence-corrected chi connectivity index (χ3v) is 8.12. The molecule has 0 bridgehead atoms.